The van der Waals surface area contributed by atoms with Crippen molar-refractivity contribution in [2.45, 2.75) is 38.6 Å². The maximum Gasteiger partial charge on any atom is 0.337 e. The first kappa shape index (κ1) is 26.9. The molecule has 33 heavy (non-hydrogen) atoms. The Kier molecular flexibility index (Phi) is 12.6. The second-order valence-corrected chi connectivity index (χ2v) is 8.54. The fraction of sp³-hybridized carbons (Fsp3) is 0.462. The number of esters is 2. The van der Waals surface area contributed by atoms with Crippen molar-refractivity contribution in [3.63, 3.8) is 0 Å². The molecule has 0 aromatic heterocycles. The molecule has 0 aliphatic rings. The van der Waals surface area contributed by atoms with Crippen molar-refractivity contribution < 1.29 is 23.8 Å². The number of halogens is 1. The number of benzene rings is 2. The second-order valence-electron chi connectivity index (χ2n) is 7.75. The summed E-state index contributed by atoms with van der Waals surface area (Å²) in [6.45, 7) is 3.16. The monoisotopic (exact) mass is 519 g/mol. The number of hydrogen-bond acceptors (Lipinski definition) is 6. The zero-order valence-electron chi connectivity index (χ0n) is 19.6. The van der Waals surface area contributed by atoms with Crippen molar-refractivity contribution >= 4 is 27.9 Å². The van der Waals surface area contributed by atoms with Gasteiger partial charge in [0.1, 0.15) is 5.75 Å². The topological polar surface area (TPSA) is 65.1 Å². The molecule has 0 amide bonds. The molecule has 2 aromatic rings. The summed E-state index contributed by atoms with van der Waals surface area (Å²) in [5.74, 6) is 0.429. The summed E-state index contributed by atoms with van der Waals surface area (Å²) in [5, 5.41) is 0.920. The van der Waals surface area contributed by atoms with Gasteiger partial charge < -0.3 is 14.2 Å². The van der Waals surface area contributed by atoms with Gasteiger partial charge in [-0.2, -0.15) is 0 Å². The van der Waals surface area contributed by atoms with E-state index in [0.29, 0.717) is 18.6 Å². The predicted molar refractivity (Wildman–Crippen MR) is 133 cm³/mol. The number of ether oxygens (including phenoxy) is 3. The first-order chi connectivity index (χ1) is 16.1. The molecule has 0 aliphatic heterocycles. The smallest absolute Gasteiger partial charge is 0.337 e. The fourth-order valence-corrected chi connectivity index (χ4v) is 3.69. The molecule has 0 N–H and O–H groups in total. The maximum atomic E-state index is 11.7. The van der Waals surface area contributed by atoms with Crippen LogP contribution in [0.2, 0.25) is 0 Å². The zero-order chi connectivity index (χ0) is 23.9. The Morgan fingerprint density at radius 2 is 1.67 bits per heavy atom. The number of hydrogen-bond donors (Lipinski definition) is 0. The molecule has 0 radical (unpaired) electrons. The van der Waals surface area contributed by atoms with Crippen LogP contribution in [0.3, 0.4) is 0 Å². The Balaban J connectivity index is 2.01. The second kappa shape index (κ2) is 15.5. The highest BCUT2D eigenvalue weighted by molar-refractivity contribution is 9.09. The van der Waals surface area contributed by atoms with Gasteiger partial charge in [-0.25, -0.2) is 4.79 Å². The van der Waals surface area contributed by atoms with Crippen LogP contribution in [0.15, 0.2) is 48.5 Å². The van der Waals surface area contributed by atoms with Crippen molar-refractivity contribution in [3.05, 3.63) is 65.2 Å². The molecule has 0 heterocycles. The molecular weight excluding hydrogens is 486 g/mol. The van der Waals surface area contributed by atoms with Gasteiger partial charge in [0.05, 0.1) is 26.4 Å². The maximum absolute atomic E-state index is 11.7. The van der Waals surface area contributed by atoms with Gasteiger partial charge in [0.2, 0.25) is 0 Å². The zero-order valence-corrected chi connectivity index (χ0v) is 21.1. The van der Waals surface area contributed by atoms with E-state index in [0.717, 1.165) is 62.0 Å². The van der Waals surface area contributed by atoms with Crippen LogP contribution in [0.25, 0.3) is 0 Å². The van der Waals surface area contributed by atoms with E-state index in [-0.39, 0.29) is 11.9 Å². The third kappa shape index (κ3) is 9.96. The summed E-state index contributed by atoms with van der Waals surface area (Å²) in [4.78, 5) is 25.5. The summed E-state index contributed by atoms with van der Waals surface area (Å²) < 4.78 is 15.5. The summed E-state index contributed by atoms with van der Waals surface area (Å²) in [6.07, 6.45) is 3.95. The number of alkyl halides is 1. The van der Waals surface area contributed by atoms with Gasteiger partial charge >= 0.3 is 11.9 Å². The van der Waals surface area contributed by atoms with E-state index >= 15 is 0 Å². The molecule has 0 bridgehead atoms. The van der Waals surface area contributed by atoms with Gasteiger partial charge in [-0.1, -0.05) is 46.3 Å². The van der Waals surface area contributed by atoms with E-state index in [4.69, 9.17) is 14.2 Å². The SMILES string of the molecule is COC(=O)CCCCN(CCc1ccccc1OCCCBr)Cc1ccc(C(=O)OC)cc1. The Morgan fingerprint density at radius 1 is 0.909 bits per heavy atom. The van der Waals surface area contributed by atoms with E-state index in [2.05, 4.69) is 26.9 Å². The van der Waals surface area contributed by atoms with Gasteiger partial charge in [0.25, 0.3) is 0 Å². The molecular formula is C26H34BrNO5. The van der Waals surface area contributed by atoms with Crippen molar-refractivity contribution in [1.82, 2.24) is 4.90 Å². The first-order valence-electron chi connectivity index (χ1n) is 11.3. The Labute approximate surface area is 205 Å². The van der Waals surface area contributed by atoms with E-state index in [9.17, 15) is 9.59 Å². The van der Waals surface area contributed by atoms with E-state index in [1.807, 2.05) is 30.3 Å². The Bertz CT molecular complexity index is 856. The quantitative estimate of drug-likeness (QED) is 0.187. The van der Waals surface area contributed by atoms with Gasteiger partial charge in [0.15, 0.2) is 0 Å². The number of nitrogens with zero attached hydrogens (tertiary/aromatic N) is 1. The average molecular weight is 520 g/mol. The highest BCUT2D eigenvalue weighted by atomic mass is 79.9. The molecule has 0 saturated heterocycles. The molecule has 0 fully saturated rings. The number of para-hydroxylation sites is 1. The minimum absolute atomic E-state index is 0.172. The number of carbonyl (C=O) groups is 2. The summed E-state index contributed by atoms with van der Waals surface area (Å²) >= 11 is 3.44. The Morgan fingerprint density at radius 3 is 2.36 bits per heavy atom. The Hall–Kier alpha value is -2.38. The molecule has 2 rings (SSSR count). The lowest BCUT2D eigenvalue weighted by molar-refractivity contribution is -0.140. The van der Waals surface area contributed by atoms with Crippen molar-refractivity contribution in [1.29, 1.82) is 0 Å². The van der Waals surface area contributed by atoms with Crippen LogP contribution in [-0.2, 0) is 27.2 Å². The van der Waals surface area contributed by atoms with Crippen LogP contribution in [-0.4, -0.2) is 56.1 Å². The van der Waals surface area contributed by atoms with E-state index in [1.54, 1.807) is 12.1 Å². The highest BCUT2D eigenvalue weighted by Gasteiger charge is 2.11. The van der Waals surface area contributed by atoms with Crippen molar-refractivity contribution in [2.24, 2.45) is 0 Å². The number of carbonyl (C=O) groups excluding carboxylic acids is 2. The molecule has 0 aliphatic carbocycles. The summed E-state index contributed by atoms with van der Waals surface area (Å²) in [5.41, 5.74) is 2.85. The largest absolute Gasteiger partial charge is 0.493 e. The van der Waals surface area contributed by atoms with Crippen LogP contribution in [0.1, 0.15) is 47.2 Å². The molecule has 0 saturated carbocycles. The number of methoxy groups -OCH3 is 2. The lowest BCUT2D eigenvalue weighted by atomic mass is 10.1. The van der Waals surface area contributed by atoms with Gasteiger partial charge in [-0.3, -0.25) is 9.69 Å². The van der Waals surface area contributed by atoms with Gasteiger partial charge in [-0.15, -0.1) is 0 Å². The third-order valence-corrected chi connectivity index (χ3v) is 5.88. The van der Waals surface area contributed by atoms with Crippen LogP contribution < -0.4 is 4.74 Å². The molecule has 2 aromatic carbocycles. The van der Waals surface area contributed by atoms with Crippen LogP contribution in [0, 0.1) is 0 Å². The number of rotatable bonds is 15. The van der Waals surface area contributed by atoms with E-state index in [1.165, 1.54) is 19.8 Å². The van der Waals surface area contributed by atoms with Crippen LogP contribution in [0.4, 0.5) is 0 Å². The molecule has 180 valence electrons. The lowest BCUT2D eigenvalue weighted by Crippen LogP contribution is -2.27. The van der Waals surface area contributed by atoms with Gasteiger partial charge in [0, 0.05) is 24.8 Å². The summed E-state index contributed by atoms with van der Waals surface area (Å²) in [6, 6.07) is 15.7. The van der Waals surface area contributed by atoms with Crippen molar-refractivity contribution in [2.75, 3.05) is 39.2 Å². The normalized spacial score (nSPS) is 10.8. The van der Waals surface area contributed by atoms with Crippen LogP contribution in [0.5, 0.6) is 5.75 Å². The molecule has 0 spiro atoms. The predicted octanol–water partition coefficient (Wildman–Crippen LogP) is 5.03. The van der Waals surface area contributed by atoms with Crippen LogP contribution >= 0.6 is 15.9 Å². The average Bonchev–Trinajstić information content (AvgIpc) is 2.85. The standard InChI is InChI=1S/C26H34BrNO5/c1-31-25(29)10-5-6-17-28(20-21-11-13-23(14-12-21)26(30)32-2)18-15-22-8-3-4-9-24(22)33-19-7-16-27/h3-4,8-9,11-14H,5-7,10,15-20H2,1-2H3. The molecule has 6 nitrogen and oxygen atoms in total. The van der Waals surface area contributed by atoms with Gasteiger partial charge in [-0.05, 0) is 61.6 Å². The molecule has 0 unspecified atom stereocenters. The minimum atomic E-state index is -0.335. The molecule has 0 atom stereocenters. The van der Waals surface area contributed by atoms with Crippen molar-refractivity contribution in [3.8, 4) is 5.75 Å². The fourth-order valence-electron chi connectivity index (χ4n) is 3.47. The summed E-state index contributed by atoms with van der Waals surface area (Å²) in [7, 11) is 2.80. The third-order valence-electron chi connectivity index (χ3n) is 5.32. The number of unbranched alkanes of at least 4 members (excludes halogenated alkanes) is 1. The molecule has 7 heteroatoms. The first-order valence-corrected chi connectivity index (χ1v) is 12.4. The lowest BCUT2D eigenvalue weighted by Gasteiger charge is -2.23. The van der Waals surface area contributed by atoms with E-state index < -0.39 is 0 Å². The minimum Gasteiger partial charge on any atom is -0.493 e. The highest BCUT2D eigenvalue weighted by Crippen LogP contribution is 2.20.